The van der Waals surface area contributed by atoms with Gasteiger partial charge in [0.15, 0.2) is 0 Å². The van der Waals surface area contributed by atoms with Crippen LogP contribution in [0, 0.1) is 0 Å². The van der Waals surface area contributed by atoms with Crippen LogP contribution in [0.3, 0.4) is 0 Å². The summed E-state index contributed by atoms with van der Waals surface area (Å²) in [5.74, 6) is -2.08. The van der Waals surface area contributed by atoms with E-state index in [1.807, 2.05) is 0 Å². The second-order valence-corrected chi connectivity index (χ2v) is 2.43. The summed E-state index contributed by atoms with van der Waals surface area (Å²) >= 11 is 0. The predicted molar refractivity (Wildman–Crippen MR) is 45.1 cm³/mol. The Balaban J connectivity index is 3.35. The molecule has 0 spiro atoms. The number of rotatable bonds is 2. The van der Waals surface area contributed by atoms with Crippen LogP contribution in [0.1, 0.15) is 20.7 Å². The SMILES string of the molecule is NC(=O)c1cccc(C(N)=O)c1O. The van der Waals surface area contributed by atoms with E-state index in [-0.39, 0.29) is 11.1 Å². The molecule has 0 radical (unpaired) electrons. The van der Waals surface area contributed by atoms with Crippen LogP contribution >= 0.6 is 0 Å². The van der Waals surface area contributed by atoms with Crippen molar-refractivity contribution < 1.29 is 14.7 Å². The number of hydrogen-bond donors (Lipinski definition) is 3. The lowest BCUT2D eigenvalue weighted by molar-refractivity contribution is 0.0996. The molecule has 1 aromatic rings. The summed E-state index contributed by atoms with van der Waals surface area (Å²) in [6, 6.07) is 4.04. The number of nitrogens with two attached hydrogens (primary N) is 2. The van der Waals surface area contributed by atoms with Gasteiger partial charge in [-0.2, -0.15) is 0 Å². The molecular weight excluding hydrogens is 172 g/mol. The molecule has 2 amide bonds. The maximum Gasteiger partial charge on any atom is 0.252 e. The topological polar surface area (TPSA) is 106 Å². The first kappa shape index (κ1) is 9.05. The van der Waals surface area contributed by atoms with E-state index in [1.54, 1.807) is 0 Å². The number of phenols is 1. The van der Waals surface area contributed by atoms with E-state index in [1.165, 1.54) is 18.2 Å². The van der Waals surface area contributed by atoms with Gasteiger partial charge in [0.1, 0.15) is 5.75 Å². The van der Waals surface area contributed by atoms with Crippen LogP contribution in [0.2, 0.25) is 0 Å². The van der Waals surface area contributed by atoms with Crippen LogP contribution in [-0.4, -0.2) is 16.9 Å². The molecular formula is C8H8N2O3. The van der Waals surface area contributed by atoms with Gasteiger partial charge < -0.3 is 16.6 Å². The molecule has 68 valence electrons. The minimum Gasteiger partial charge on any atom is -0.506 e. The van der Waals surface area contributed by atoms with Crippen LogP contribution in [0.5, 0.6) is 5.75 Å². The van der Waals surface area contributed by atoms with Crippen molar-refractivity contribution in [3.8, 4) is 5.75 Å². The van der Waals surface area contributed by atoms with E-state index in [9.17, 15) is 14.7 Å². The molecule has 0 bridgehead atoms. The smallest absolute Gasteiger partial charge is 0.252 e. The third-order valence-corrected chi connectivity index (χ3v) is 1.57. The van der Waals surface area contributed by atoms with Crippen LogP contribution in [0.15, 0.2) is 18.2 Å². The van der Waals surface area contributed by atoms with Crippen LogP contribution in [-0.2, 0) is 0 Å². The van der Waals surface area contributed by atoms with Crippen molar-refractivity contribution in [2.75, 3.05) is 0 Å². The van der Waals surface area contributed by atoms with Gasteiger partial charge in [-0.25, -0.2) is 0 Å². The van der Waals surface area contributed by atoms with Crippen molar-refractivity contribution >= 4 is 11.8 Å². The van der Waals surface area contributed by atoms with Crippen LogP contribution in [0.4, 0.5) is 0 Å². The quantitative estimate of drug-likeness (QED) is 0.575. The molecule has 0 saturated heterocycles. The highest BCUT2D eigenvalue weighted by Gasteiger charge is 2.13. The van der Waals surface area contributed by atoms with Gasteiger partial charge in [0.25, 0.3) is 11.8 Å². The minimum atomic E-state index is -0.805. The number of amides is 2. The molecule has 0 saturated carbocycles. The Bertz CT molecular complexity index is 341. The van der Waals surface area contributed by atoms with E-state index in [0.717, 1.165) is 0 Å². The van der Waals surface area contributed by atoms with Crippen molar-refractivity contribution in [2.45, 2.75) is 0 Å². The Kier molecular flexibility index (Phi) is 2.19. The molecule has 5 N–H and O–H groups in total. The van der Waals surface area contributed by atoms with Gasteiger partial charge in [-0.15, -0.1) is 0 Å². The van der Waals surface area contributed by atoms with Gasteiger partial charge in [0, 0.05) is 0 Å². The molecule has 1 aromatic carbocycles. The average molecular weight is 180 g/mol. The molecule has 0 aliphatic rings. The first-order valence-corrected chi connectivity index (χ1v) is 3.45. The van der Waals surface area contributed by atoms with Gasteiger partial charge in [-0.1, -0.05) is 6.07 Å². The molecule has 5 heteroatoms. The molecule has 5 nitrogen and oxygen atoms in total. The van der Waals surface area contributed by atoms with Crippen molar-refractivity contribution in [1.29, 1.82) is 0 Å². The van der Waals surface area contributed by atoms with Crippen LogP contribution in [0.25, 0.3) is 0 Å². The summed E-state index contributed by atoms with van der Waals surface area (Å²) in [7, 11) is 0. The lowest BCUT2D eigenvalue weighted by Crippen LogP contribution is -2.15. The molecule has 0 aliphatic carbocycles. The third-order valence-electron chi connectivity index (χ3n) is 1.57. The molecule has 13 heavy (non-hydrogen) atoms. The molecule has 0 fully saturated rings. The maximum atomic E-state index is 10.7. The number of carbonyl (C=O) groups is 2. The minimum absolute atomic E-state index is 0.115. The standard InChI is InChI=1S/C8H8N2O3/c9-7(12)4-2-1-3-5(6(4)11)8(10)13/h1-3,11H,(H2,9,12)(H2,10,13). The van der Waals surface area contributed by atoms with Crippen molar-refractivity contribution in [1.82, 2.24) is 0 Å². The normalized spacial score (nSPS) is 9.54. The largest absolute Gasteiger partial charge is 0.506 e. The number of benzene rings is 1. The van der Waals surface area contributed by atoms with Crippen molar-refractivity contribution in [3.05, 3.63) is 29.3 Å². The Morgan fingerprint density at radius 1 is 1.08 bits per heavy atom. The molecule has 0 heterocycles. The Morgan fingerprint density at radius 3 is 1.77 bits per heavy atom. The summed E-state index contributed by atoms with van der Waals surface area (Å²) in [6.07, 6.45) is 0. The third kappa shape index (κ3) is 1.58. The number of aromatic hydroxyl groups is 1. The van der Waals surface area contributed by atoms with Crippen molar-refractivity contribution in [3.63, 3.8) is 0 Å². The fourth-order valence-corrected chi connectivity index (χ4v) is 0.941. The van der Waals surface area contributed by atoms with E-state index < -0.39 is 17.6 Å². The first-order valence-electron chi connectivity index (χ1n) is 3.45. The monoisotopic (exact) mass is 180 g/mol. The number of para-hydroxylation sites is 1. The average Bonchev–Trinajstić information content (AvgIpc) is 2.03. The summed E-state index contributed by atoms with van der Waals surface area (Å²) in [6.45, 7) is 0. The van der Waals surface area contributed by atoms with Gasteiger partial charge in [-0.05, 0) is 12.1 Å². The van der Waals surface area contributed by atoms with Crippen molar-refractivity contribution in [2.24, 2.45) is 11.5 Å². The van der Waals surface area contributed by atoms with E-state index in [2.05, 4.69) is 0 Å². The summed E-state index contributed by atoms with van der Waals surface area (Å²) in [5, 5.41) is 9.33. The number of carbonyl (C=O) groups excluding carboxylic acids is 2. The zero-order valence-corrected chi connectivity index (χ0v) is 6.65. The van der Waals surface area contributed by atoms with E-state index in [4.69, 9.17) is 11.5 Å². The Morgan fingerprint density at radius 2 is 1.46 bits per heavy atom. The molecule has 0 aromatic heterocycles. The number of primary amides is 2. The van der Waals surface area contributed by atoms with Gasteiger partial charge in [0.2, 0.25) is 0 Å². The zero-order valence-electron chi connectivity index (χ0n) is 6.65. The van der Waals surface area contributed by atoms with Crippen LogP contribution < -0.4 is 11.5 Å². The lowest BCUT2D eigenvalue weighted by Gasteiger charge is -2.03. The lowest BCUT2D eigenvalue weighted by atomic mass is 10.1. The second-order valence-electron chi connectivity index (χ2n) is 2.43. The van der Waals surface area contributed by atoms with E-state index >= 15 is 0 Å². The van der Waals surface area contributed by atoms with E-state index in [0.29, 0.717) is 0 Å². The summed E-state index contributed by atoms with van der Waals surface area (Å²) in [5.41, 5.74) is 9.64. The fraction of sp³-hybridized carbons (Fsp3) is 0. The molecule has 0 atom stereocenters. The summed E-state index contributed by atoms with van der Waals surface area (Å²) < 4.78 is 0. The highest BCUT2D eigenvalue weighted by molar-refractivity contribution is 6.02. The van der Waals surface area contributed by atoms with Gasteiger partial charge >= 0.3 is 0 Å². The Hall–Kier alpha value is -2.04. The maximum absolute atomic E-state index is 10.7. The van der Waals surface area contributed by atoms with Gasteiger partial charge in [0.05, 0.1) is 11.1 Å². The highest BCUT2D eigenvalue weighted by Crippen LogP contribution is 2.21. The second kappa shape index (κ2) is 3.14. The summed E-state index contributed by atoms with van der Waals surface area (Å²) in [4.78, 5) is 21.4. The fourth-order valence-electron chi connectivity index (χ4n) is 0.941. The highest BCUT2D eigenvalue weighted by atomic mass is 16.3. The van der Waals surface area contributed by atoms with Gasteiger partial charge in [-0.3, -0.25) is 9.59 Å². The number of hydrogen-bond acceptors (Lipinski definition) is 3. The molecule has 0 aliphatic heterocycles. The molecule has 0 unspecified atom stereocenters. The Labute approximate surface area is 74.0 Å². The zero-order chi connectivity index (χ0) is 10.0. The molecule has 1 rings (SSSR count). The predicted octanol–water partition coefficient (Wildman–Crippen LogP) is -0.410. The first-order chi connectivity index (χ1) is 6.04.